The van der Waals surface area contributed by atoms with Crippen molar-refractivity contribution in [2.24, 2.45) is 10.8 Å². The van der Waals surface area contributed by atoms with Gasteiger partial charge in [0, 0.05) is 16.6 Å². The Morgan fingerprint density at radius 1 is 0.571 bits per heavy atom. The number of nitrogens with zero attached hydrogens (tertiary/aromatic N) is 2. The molecule has 0 aromatic heterocycles. The van der Waals surface area contributed by atoms with Gasteiger partial charge in [0.25, 0.3) is 0 Å². The molecule has 0 amide bonds. The van der Waals surface area contributed by atoms with E-state index in [0.29, 0.717) is 24.0 Å². The molecule has 0 N–H and O–H groups in total. The molecule has 0 bridgehead atoms. The first kappa shape index (κ1) is 36.1. The molecular weight excluding hydrogens is 608 g/mol. The molecule has 0 radical (unpaired) electrons. The van der Waals surface area contributed by atoms with Crippen molar-refractivity contribution < 1.29 is 19.1 Å². The fourth-order valence-electron chi connectivity index (χ4n) is 5.79. The number of hydrogen-bond donors (Lipinski definition) is 0. The van der Waals surface area contributed by atoms with E-state index in [2.05, 4.69) is 32.9 Å². The molecule has 1 unspecified atom stereocenters. The van der Waals surface area contributed by atoms with Gasteiger partial charge in [0.2, 0.25) is 0 Å². The van der Waals surface area contributed by atoms with Crippen LogP contribution in [0.5, 0.6) is 0 Å². The van der Waals surface area contributed by atoms with Crippen molar-refractivity contribution in [3.8, 4) is 12.1 Å². The zero-order valence-electron chi connectivity index (χ0n) is 28.8. The van der Waals surface area contributed by atoms with E-state index in [1.165, 1.54) is 0 Å². The number of nitriles is 2. The van der Waals surface area contributed by atoms with Crippen molar-refractivity contribution in [1.82, 2.24) is 0 Å². The number of carbonyl (C=O) groups excluding carboxylic acids is 2. The normalized spacial score (nSPS) is 11.7. The van der Waals surface area contributed by atoms with Crippen LogP contribution in [0.3, 0.4) is 0 Å². The minimum Gasteiger partial charge on any atom is -0.461 e. The van der Waals surface area contributed by atoms with E-state index in [1.54, 1.807) is 0 Å². The number of hydrogen-bond acceptors (Lipinski definition) is 6. The third-order valence-electron chi connectivity index (χ3n) is 7.87. The highest BCUT2D eigenvalue weighted by Crippen LogP contribution is 2.34. The van der Waals surface area contributed by atoms with Crippen molar-refractivity contribution in [3.05, 3.63) is 155 Å². The Morgan fingerprint density at radius 2 is 0.918 bits per heavy atom. The Balaban J connectivity index is 1.60. The zero-order chi connectivity index (χ0) is 35.4. The van der Waals surface area contributed by atoms with Crippen LogP contribution in [0.25, 0.3) is 11.1 Å². The monoisotopic (exact) mass is 650 g/mol. The van der Waals surface area contributed by atoms with E-state index < -0.39 is 23.5 Å². The first-order chi connectivity index (χ1) is 23.4. The second-order valence-electron chi connectivity index (χ2n) is 13.9. The van der Waals surface area contributed by atoms with Crippen LogP contribution < -0.4 is 0 Å². The quantitative estimate of drug-likeness (QED) is 0.0861. The lowest BCUT2D eigenvalue weighted by molar-refractivity contribution is -0.150. The second-order valence-corrected chi connectivity index (χ2v) is 13.9. The molecule has 4 aromatic carbocycles. The molecule has 0 saturated carbocycles. The van der Waals surface area contributed by atoms with Gasteiger partial charge in [-0.3, -0.25) is 0 Å². The number of carbonyl (C=O) groups is 2. The molecule has 6 heteroatoms. The highest BCUT2D eigenvalue weighted by molar-refractivity contribution is 6.06. The molecule has 0 fully saturated rings. The summed E-state index contributed by atoms with van der Waals surface area (Å²) in [4.78, 5) is 27.4. The predicted molar refractivity (Wildman–Crippen MR) is 192 cm³/mol. The second kappa shape index (κ2) is 16.4. The molecule has 0 aliphatic rings. The van der Waals surface area contributed by atoms with E-state index in [0.717, 1.165) is 22.3 Å². The third-order valence-corrected chi connectivity index (χ3v) is 7.87. The van der Waals surface area contributed by atoms with Gasteiger partial charge < -0.3 is 9.47 Å². The summed E-state index contributed by atoms with van der Waals surface area (Å²) in [5.41, 5.74) is 2.87. The smallest absolute Gasteiger partial charge is 0.349 e. The van der Waals surface area contributed by atoms with Crippen molar-refractivity contribution in [1.29, 1.82) is 10.5 Å². The standard InChI is InChI=1S/C43H42N2O4/c1-42(2,3)26-35(49-41(47)37(29-45)39(33-22-14-8-15-23-33)34-24-16-9-17-25-34)27-43(4,5)30-48-40(46)36(28-44)38(31-18-10-6-11-19-31)32-20-12-7-13-21-32/h6-25,35H,26-27,30H2,1-5H3. The van der Waals surface area contributed by atoms with E-state index in [4.69, 9.17) is 9.47 Å². The zero-order valence-corrected chi connectivity index (χ0v) is 28.8. The molecule has 248 valence electrons. The van der Waals surface area contributed by atoms with Gasteiger partial charge in [0.1, 0.15) is 29.4 Å². The van der Waals surface area contributed by atoms with Gasteiger partial charge in [0.15, 0.2) is 0 Å². The molecule has 0 heterocycles. The number of benzene rings is 4. The molecule has 0 saturated heterocycles. The lowest BCUT2D eigenvalue weighted by Gasteiger charge is -2.32. The van der Waals surface area contributed by atoms with Crippen LogP contribution in [0.2, 0.25) is 0 Å². The van der Waals surface area contributed by atoms with E-state index >= 15 is 0 Å². The van der Waals surface area contributed by atoms with Gasteiger partial charge in [-0.05, 0) is 40.5 Å². The summed E-state index contributed by atoms with van der Waals surface area (Å²) < 4.78 is 12.0. The van der Waals surface area contributed by atoms with Crippen molar-refractivity contribution >= 4 is 23.1 Å². The van der Waals surface area contributed by atoms with Gasteiger partial charge in [-0.25, -0.2) is 9.59 Å². The minimum atomic E-state index is -0.729. The fraction of sp³-hybridized carbons (Fsp3) is 0.256. The number of rotatable bonds is 12. The maximum absolute atomic E-state index is 13.9. The molecule has 4 aromatic rings. The number of ether oxygens (including phenoxy) is 2. The molecule has 0 aliphatic heterocycles. The van der Waals surface area contributed by atoms with Crippen LogP contribution in [0, 0.1) is 33.5 Å². The minimum absolute atomic E-state index is 0.0215. The molecular formula is C43H42N2O4. The van der Waals surface area contributed by atoms with Gasteiger partial charge in [-0.2, -0.15) is 10.5 Å². The summed E-state index contributed by atoms with van der Waals surface area (Å²) in [6.45, 7) is 10.00. The molecule has 0 aliphatic carbocycles. The van der Waals surface area contributed by atoms with Gasteiger partial charge >= 0.3 is 11.9 Å². The first-order valence-electron chi connectivity index (χ1n) is 16.3. The van der Waals surface area contributed by atoms with Gasteiger partial charge in [-0.15, -0.1) is 0 Å². The summed E-state index contributed by atoms with van der Waals surface area (Å²) in [5, 5.41) is 20.5. The molecule has 6 nitrogen and oxygen atoms in total. The van der Waals surface area contributed by atoms with E-state index in [9.17, 15) is 20.1 Å². The Labute approximate surface area is 289 Å². The summed E-state index contributed by atoms with van der Waals surface area (Å²) >= 11 is 0. The maximum atomic E-state index is 13.9. The molecule has 49 heavy (non-hydrogen) atoms. The highest BCUT2D eigenvalue weighted by atomic mass is 16.5. The fourth-order valence-corrected chi connectivity index (χ4v) is 5.79. The SMILES string of the molecule is CC(C)(C)CC(CC(C)(C)COC(=O)C(C#N)=C(c1ccccc1)c1ccccc1)OC(=O)C(C#N)=C(c1ccccc1)c1ccccc1. The molecule has 0 spiro atoms. The lowest BCUT2D eigenvalue weighted by Crippen LogP contribution is -2.33. The largest absolute Gasteiger partial charge is 0.461 e. The summed E-state index contributed by atoms with van der Waals surface area (Å²) in [5.74, 6) is -1.44. The Bertz CT molecular complexity index is 1790. The van der Waals surface area contributed by atoms with Crippen LogP contribution in [0.15, 0.2) is 132 Å². The summed E-state index contributed by atoms with van der Waals surface area (Å²) in [6.07, 6.45) is 0.271. The third kappa shape index (κ3) is 10.1. The van der Waals surface area contributed by atoms with Crippen molar-refractivity contribution in [2.45, 2.75) is 53.6 Å². The van der Waals surface area contributed by atoms with Gasteiger partial charge in [0.05, 0.1) is 6.61 Å². The predicted octanol–water partition coefficient (Wildman–Crippen LogP) is 9.35. The average molecular weight is 651 g/mol. The Morgan fingerprint density at radius 3 is 1.24 bits per heavy atom. The topological polar surface area (TPSA) is 100 Å². The first-order valence-corrected chi connectivity index (χ1v) is 16.3. The van der Waals surface area contributed by atoms with E-state index in [1.807, 2.05) is 135 Å². The van der Waals surface area contributed by atoms with Gasteiger partial charge in [-0.1, -0.05) is 156 Å². The average Bonchev–Trinajstić information content (AvgIpc) is 3.09. The number of esters is 2. The summed E-state index contributed by atoms with van der Waals surface area (Å²) in [7, 11) is 0. The van der Waals surface area contributed by atoms with Crippen LogP contribution in [0.4, 0.5) is 0 Å². The van der Waals surface area contributed by atoms with Crippen LogP contribution in [0.1, 0.15) is 69.7 Å². The Hall–Kier alpha value is -5.72. The van der Waals surface area contributed by atoms with Crippen LogP contribution in [-0.2, 0) is 19.1 Å². The summed E-state index contributed by atoms with van der Waals surface area (Å²) in [6, 6.07) is 41.5. The van der Waals surface area contributed by atoms with Crippen LogP contribution in [-0.4, -0.2) is 24.6 Å². The molecule has 4 rings (SSSR count). The highest BCUT2D eigenvalue weighted by Gasteiger charge is 2.33. The lowest BCUT2D eigenvalue weighted by atomic mass is 9.81. The Kier molecular flexibility index (Phi) is 12.1. The molecule has 1 atom stereocenters. The van der Waals surface area contributed by atoms with E-state index in [-0.39, 0.29) is 23.2 Å². The van der Waals surface area contributed by atoms with Crippen molar-refractivity contribution in [2.75, 3.05) is 6.61 Å². The van der Waals surface area contributed by atoms with Crippen LogP contribution >= 0.6 is 0 Å². The van der Waals surface area contributed by atoms with Crippen molar-refractivity contribution in [3.63, 3.8) is 0 Å². The maximum Gasteiger partial charge on any atom is 0.349 e.